The second-order valence-corrected chi connectivity index (χ2v) is 7.05. The van der Waals surface area contributed by atoms with Gasteiger partial charge >= 0.3 is 0 Å². The van der Waals surface area contributed by atoms with Crippen molar-refractivity contribution in [1.29, 1.82) is 0 Å². The second kappa shape index (κ2) is 9.48. The van der Waals surface area contributed by atoms with Crippen LogP contribution in [0.15, 0.2) is 47.6 Å². The molecule has 2 aromatic carbocycles. The van der Waals surface area contributed by atoms with Crippen LogP contribution in [0.25, 0.3) is 0 Å². The molecule has 0 atom stereocenters. The molecule has 152 valence electrons. The highest BCUT2D eigenvalue weighted by Crippen LogP contribution is 2.27. The van der Waals surface area contributed by atoms with Crippen molar-refractivity contribution in [2.75, 3.05) is 24.0 Å². The van der Waals surface area contributed by atoms with Gasteiger partial charge in [-0.3, -0.25) is 4.79 Å². The molecule has 1 amide bonds. The molecule has 1 aromatic heterocycles. The average molecular weight is 438 g/mol. The van der Waals surface area contributed by atoms with Crippen molar-refractivity contribution < 1.29 is 18.7 Å². The van der Waals surface area contributed by atoms with Crippen LogP contribution in [0, 0.1) is 5.82 Å². The zero-order valence-corrected chi connectivity index (χ0v) is 16.8. The minimum atomic E-state index is -0.354. The molecular weight excluding hydrogens is 421 g/mol. The van der Waals surface area contributed by atoms with E-state index in [1.54, 1.807) is 18.2 Å². The first-order valence-corrected chi connectivity index (χ1v) is 9.66. The molecule has 29 heavy (non-hydrogen) atoms. The van der Waals surface area contributed by atoms with Crippen molar-refractivity contribution in [3.05, 3.63) is 59.1 Å². The average Bonchev–Trinajstić information content (AvgIpc) is 3.06. The Labute approximate surface area is 175 Å². The quantitative estimate of drug-likeness (QED) is 0.412. The van der Waals surface area contributed by atoms with E-state index in [4.69, 9.17) is 26.9 Å². The number of rotatable bonds is 8. The van der Waals surface area contributed by atoms with Gasteiger partial charge in [-0.15, -0.1) is 10.2 Å². The molecule has 0 aliphatic rings. The number of methoxy groups -OCH3 is 1. The Kier molecular flexibility index (Phi) is 6.78. The highest BCUT2D eigenvalue weighted by atomic mass is 35.5. The number of thioether (sulfide) groups is 1. The molecule has 0 aliphatic heterocycles. The minimum absolute atomic E-state index is 0.0479. The van der Waals surface area contributed by atoms with Crippen molar-refractivity contribution in [2.24, 2.45) is 0 Å². The van der Waals surface area contributed by atoms with Gasteiger partial charge in [0.15, 0.2) is 5.82 Å². The van der Waals surface area contributed by atoms with Crippen LogP contribution in [0.3, 0.4) is 0 Å². The van der Waals surface area contributed by atoms with Crippen LogP contribution in [0.2, 0.25) is 5.02 Å². The van der Waals surface area contributed by atoms with E-state index in [0.717, 1.165) is 11.8 Å². The van der Waals surface area contributed by atoms with Crippen LogP contribution in [-0.2, 0) is 11.4 Å². The van der Waals surface area contributed by atoms with Crippen LogP contribution in [0.1, 0.15) is 5.82 Å². The topological polar surface area (TPSA) is 104 Å². The molecule has 0 aliphatic carbocycles. The molecule has 0 bridgehead atoms. The van der Waals surface area contributed by atoms with Gasteiger partial charge in [-0.25, -0.2) is 9.07 Å². The first kappa shape index (κ1) is 20.7. The fraction of sp³-hybridized carbons (Fsp3) is 0.167. The molecule has 0 spiro atoms. The van der Waals surface area contributed by atoms with Crippen molar-refractivity contribution in [2.45, 2.75) is 11.8 Å². The molecule has 11 heteroatoms. The summed E-state index contributed by atoms with van der Waals surface area (Å²) in [6.45, 7) is 0.0479. The Morgan fingerprint density at radius 2 is 2.03 bits per heavy atom. The zero-order valence-electron chi connectivity index (χ0n) is 15.3. The van der Waals surface area contributed by atoms with E-state index >= 15 is 0 Å². The van der Waals surface area contributed by atoms with Crippen LogP contribution >= 0.6 is 23.4 Å². The SMILES string of the molecule is COc1ccc(NC(=O)CSc2nnc(COc3ccc(F)cc3)n2N)cc1Cl. The number of carbonyl (C=O) groups excluding carboxylic acids is 1. The lowest BCUT2D eigenvalue weighted by molar-refractivity contribution is -0.113. The van der Waals surface area contributed by atoms with E-state index in [1.807, 2.05) is 0 Å². The molecule has 0 radical (unpaired) electrons. The number of nitrogens with one attached hydrogen (secondary N) is 1. The number of nitrogens with zero attached hydrogens (tertiary/aromatic N) is 3. The maximum Gasteiger partial charge on any atom is 0.234 e. The Bertz CT molecular complexity index is 1000. The molecule has 0 saturated heterocycles. The summed E-state index contributed by atoms with van der Waals surface area (Å²) in [6, 6.07) is 10.5. The third-order valence-electron chi connectivity index (χ3n) is 3.68. The molecule has 3 N–H and O–H groups in total. The van der Waals surface area contributed by atoms with E-state index in [0.29, 0.717) is 33.2 Å². The van der Waals surface area contributed by atoms with E-state index in [2.05, 4.69) is 15.5 Å². The highest BCUT2D eigenvalue weighted by molar-refractivity contribution is 7.99. The van der Waals surface area contributed by atoms with Gasteiger partial charge in [-0.2, -0.15) is 0 Å². The van der Waals surface area contributed by atoms with E-state index < -0.39 is 0 Å². The van der Waals surface area contributed by atoms with Gasteiger partial charge in [0.1, 0.15) is 23.9 Å². The first-order chi connectivity index (χ1) is 14.0. The first-order valence-electron chi connectivity index (χ1n) is 8.30. The van der Waals surface area contributed by atoms with E-state index in [9.17, 15) is 9.18 Å². The number of hydrogen-bond donors (Lipinski definition) is 2. The van der Waals surface area contributed by atoms with Crippen molar-refractivity contribution >= 4 is 35.0 Å². The summed E-state index contributed by atoms with van der Waals surface area (Å²) in [7, 11) is 1.51. The fourth-order valence-corrected chi connectivity index (χ4v) is 3.19. The Morgan fingerprint density at radius 1 is 1.28 bits per heavy atom. The summed E-state index contributed by atoms with van der Waals surface area (Å²) >= 11 is 7.16. The fourth-order valence-electron chi connectivity index (χ4n) is 2.25. The van der Waals surface area contributed by atoms with Crippen molar-refractivity contribution in [3.8, 4) is 11.5 Å². The molecule has 0 unspecified atom stereocenters. The molecule has 3 rings (SSSR count). The number of halogens is 2. The number of amides is 1. The monoisotopic (exact) mass is 437 g/mol. The Balaban J connectivity index is 1.52. The van der Waals surface area contributed by atoms with E-state index in [1.165, 1.54) is 36.1 Å². The lowest BCUT2D eigenvalue weighted by Gasteiger charge is -2.08. The summed E-state index contributed by atoms with van der Waals surface area (Å²) in [5.41, 5.74) is 0.545. The molecule has 0 fully saturated rings. The van der Waals surface area contributed by atoms with Crippen molar-refractivity contribution in [1.82, 2.24) is 14.9 Å². The smallest absolute Gasteiger partial charge is 0.234 e. The van der Waals surface area contributed by atoms with Gasteiger partial charge in [0.05, 0.1) is 17.9 Å². The standard InChI is InChI=1S/C18H17ClFN5O3S/c1-27-15-7-4-12(8-14(15)19)22-17(26)10-29-18-24-23-16(25(18)21)9-28-13-5-2-11(20)3-6-13/h2-8H,9-10,21H2,1H3,(H,22,26). The molecule has 1 heterocycles. The minimum Gasteiger partial charge on any atom is -0.495 e. The van der Waals surface area contributed by atoms with Gasteiger partial charge < -0.3 is 20.6 Å². The second-order valence-electron chi connectivity index (χ2n) is 5.70. The Morgan fingerprint density at radius 3 is 2.72 bits per heavy atom. The van der Waals surface area contributed by atoms with Crippen LogP contribution in [-0.4, -0.2) is 33.6 Å². The normalized spacial score (nSPS) is 10.6. The lowest BCUT2D eigenvalue weighted by Crippen LogP contribution is -2.18. The number of nitrogen functional groups attached to an aromatic ring is 1. The number of anilines is 1. The number of nitrogens with two attached hydrogens (primary N) is 1. The van der Waals surface area contributed by atoms with Gasteiger partial charge in [0.25, 0.3) is 0 Å². The van der Waals surface area contributed by atoms with E-state index in [-0.39, 0.29) is 24.1 Å². The summed E-state index contributed by atoms with van der Waals surface area (Å²) in [5, 5.41) is 11.4. The van der Waals surface area contributed by atoms with Gasteiger partial charge in [0, 0.05) is 5.69 Å². The summed E-state index contributed by atoms with van der Waals surface area (Å²) < 4.78 is 24.7. The largest absolute Gasteiger partial charge is 0.495 e. The number of aromatic nitrogens is 3. The third kappa shape index (κ3) is 5.52. The predicted molar refractivity (Wildman–Crippen MR) is 108 cm³/mol. The summed E-state index contributed by atoms with van der Waals surface area (Å²) in [6.07, 6.45) is 0. The zero-order chi connectivity index (χ0) is 20.8. The number of ether oxygens (including phenoxy) is 2. The van der Waals surface area contributed by atoms with Gasteiger partial charge in [-0.05, 0) is 42.5 Å². The van der Waals surface area contributed by atoms with Crippen LogP contribution in [0.4, 0.5) is 10.1 Å². The third-order valence-corrected chi connectivity index (χ3v) is 4.92. The number of hydrogen-bond acceptors (Lipinski definition) is 7. The van der Waals surface area contributed by atoms with Crippen LogP contribution in [0.5, 0.6) is 11.5 Å². The highest BCUT2D eigenvalue weighted by Gasteiger charge is 2.13. The summed E-state index contributed by atoms with van der Waals surface area (Å²) in [5.74, 6) is 6.76. The number of benzene rings is 2. The van der Waals surface area contributed by atoms with Crippen LogP contribution < -0.4 is 20.6 Å². The maximum absolute atomic E-state index is 12.9. The van der Waals surface area contributed by atoms with Gasteiger partial charge in [-0.1, -0.05) is 23.4 Å². The van der Waals surface area contributed by atoms with Gasteiger partial charge in [0.2, 0.25) is 11.1 Å². The molecule has 3 aromatic rings. The maximum atomic E-state index is 12.9. The lowest BCUT2D eigenvalue weighted by atomic mass is 10.3. The summed E-state index contributed by atoms with van der Waals surface area (Å²) in [4.78, 5) is 12.1. The molecule has 0 saturated carbocycles. The molecular formula is C18H17ClFN5O3S. The number of carbonyl (C=O) groups is 1. The molecule has 8 nitrogen and oxygen atoms in total. The predicted octanol–water partition coefficient (Wildman–Crippen LogP) is 3.10. The van der Waals surface area contributed by atoms with Crippen molar-refractivity contribution in [3.63, 3.8) is 0 Å². The Hall–Kier alpha value is -2.98.